The van der Waals surface area contributed by atoms with Crippen LogP contribution in [0.4, 0.5) is 14.9 Å². The van der Waals surface area contributed by atoms with E-state index in [1.54, 1.807) is 30.2 Å². The maximum atomic E-state index is 13.9. The summed E-state index contributed by atoms with van der Waals surface area (Å²) in [6.45, 7) is 0. The van der Waals surface area contributed by atoms with Gasteiger partial charge in [0.25, 0.3) is 5.91 Å². The van der Waals surface area contributed by atoms with Crippen molar-refractivity contribution >= 4 is 62.5 Å². The van der Waals surface area contributed by atoms with E-state index in [4.69, 9.17) is 16.3 Å². The van der Waals surface area contributed by atoms with E-state index in [-0.39, 0.29) is 10.8 Å². The van der Waals surface area contributed by atoms with Crippen molar-refractivity contribution < 1.29 is 18.7 Å². The number of hydrogen-bond acceptors (Lipinski definition) is 6. The van der Waals surface area contributed by atoms with Crippen molar-refractivity contribution in [3.63, 3.8) is 0 Å². The Morgan fingerprint density at radius 2 is 2.03 bits per heavy atom. The number of imide groups is 1. The van der Waals surface area contributed by atoms with Crippen molar-refractivity contribution in [2.24, 2.45) is 12.0 Å². The summed E-state index contributed by atoms with van der Waals surface area (Å²) in [5, 5.41) is 4.28. The second kappa shape index (κ2) is 7.17. The molecule has 8 nitrogen and oxygen atoms in total. The molecule has 156 valence electrons. The van der Waals surface area contributed by atoms with Crippen LogP contribution in [0, 0.1) is 5.82 Å². The van der Waals surface area contributed by atoms with Crippen molar-refractivity contribution in [3.05, 3.63) is 53.2 Å². The number of fused-ring (bicyclic) bond motifs is 2. The van der Waals surface area contributed by atoms with E-state index in [1.165, 1.54) is 31.1 Å². The fraction of sp³-hybridized carbons (Fsp3) is 0.150. The minimum absolute atomic E-state index is 0.0238. The topological polar surface area (TPSA) is 89.7 Å². The SMILES string of the molecule is COc1cc(C2=CC3=NC(=O)N(c4cncc5cnn(C)c45)C(=O)C3S2)c(Cl)cc1F. The first-order valence-electron chi connectivity index (χ1n) is 9.03. The smallest absolute Gasteiger partial charge is 0.355 e. The van der Waals surface area contributed by atoms with Crippen LogP contribution >= 0.6 is 23.4 Å². The van der Waals surface area contributed by atoms with Gasteiger partial charge in [-0.05, 0) is 18.2 Å². The number of allylic oxidation sites excluding steroid dienone is 1. The predicted octanol–water partition coefficient (Wildman–Crippen LogP) is 3.83. The molecular weight excluding hydrogens is 445 g/mol. The number of aliphatic imine (C=N–C) groups is 1. The van der Waals surface area contributed by atoms with Crippen molar-refractivity contribution in [2.45, 2.75) is 5.25 Å². The van der Waals surface area contributed by atoms with Crippen LogP contribution in [-0.2, 0) is 11.8 Å². The zero-order chi connectivity index (χ0) is 21.9. The molecule has 3 aromatic rings. The molecule has 31 heavy (non-hydrogen) atoms. The number of thioether (sulfide) groups is 1. The van der Waals surface area contributed by atoms with Crippen LogP contribution in [-0.4, -0.2) is 44.8 Å². The van der Waals surface area contributed by atoms with Gasteiger partial charge in [-0.2, -0.15) is 10.1 Å². The maximum Gasteiger partial charge on any atom is 0.355 e. The Balaban J connectivity index is 1.54. The molecule has 11 heteroatoms. The largest absolute Gasteiger partial charge is 0.494 e. The van der Waals surface area contributed by atoms with E-state index in [0.717, 1.165) is 11.0 Å². The molecule has 1 aromatic carbocycles. The van der Waals surface area contributed by atoms with Crippen LogP contribution < -0.4 is 9.64 Å². The number of pyridine rings is 1. The van der Waals surface area contributed by atoms with E-state index in [9.17, 15) is 14.0 Å². The highest BCUT2D eigenvalue weighted by Gasteiger charge is 2.43. The summed E-state index contributed by atoms with van der Waals surface area (Å²) in [6, 6.07) is 1.89. The van der Waals surface area contributed by atoms with Crippen LogP contribution in [0.15, 0.2) is 41.8 Å². The van der Waals surface area contributed by atoms with Crippen LogP contribution in [0.1, 0.15) is 5.56 Å². The summed E-state index contributed by atoms with van der Waals surface area (Å²) in [4.78, 5) is 36.0. The fourth-order valence-corrected chi connectivity index (χ4v) is 5.08. The van der Waals surface area contributed by atoms with Crippen molar-refractivity contribution in [1.29, 1.82) is 0 Å². The van der Waals surface area contributed by atoms with Crippen molar-refractivity contribution in [3.8, 4) is 5.75 Å². The number of rotatable bonds is 3. The Bertz CT molecular complexity index is 1350. The first-order valence-corrected chi connectivity index (χ1v) is 10.3. The summed E-state index contributed by atoms with van der Waals surface area (Å²) in [7, 11) is 3.07. The Hall–Kier alpha value is -3.24. The van der Waals surface area contributed by atoms with Crippen molar-refractivity contribution in [1.82, 2.24) is 14.8 Å². The summed E-state index contributed by atoms with van der Waals surface area (Å²) >= 11 is 7.41. The number of methoxy groups -OCH3 is 1. The number of urea groups is 1. The number of nitrogens with zero attached hydrogens (tertiary/aromatic N) is 5. The highest BCUT2D eigenvalue weighted by molar-refractivity contribution is 8.10. The number of carbonyl (C=O) groups excluding carboxylic acids is 2. The molecule has 0 N–H and O–H groups in total. The third-order valence-electron chi connectivity index (χ3n) is 5.02. The Labute approximate surface area is 184 Å². The Morgan fingerprint density at radius 3 is 2.81 bits per heavy atom. The van der Waals surface area contributed by atoms with Crippen LogP contribution in [0.5, 0.6) is 5.75 Å². The van der Waals surface area contributed by atoms with E-state index >= 15 is 0 Å². The van der Waals surface area contributed by atoms with Gasteiger partial charge in [0.2, 0.25) is 0 Å². The van der Waals surface area contributed by atoms with Crippen LogP contribution in [0.3, 0.4) is 0 Å². The van der Waals surface area contributed by atoms with Gasteiger partial charge in [0.15, 0.2) is 11.6 Å². The van der Waals surface area contributed by atoms with Gasteiger partial charge < -0.3 is 4.74 Å². The highest BCUT2D eigenvalue weighted by Crippen LogP contribution is 2.45. The lowest BCUT2D eigenvalue weighted by Gasteiger charge is -2.26. The van der Waals surface area contributed by atoms with E-state index in [1.807, 2.05) is 0 Å². The van der Waals surface area contributed by atoms with Gasteiger partial charge >= 0.3 is 6.03 Å². The minimum Gasteiger partial charge on any atom is -0.494 e. The molecule has 2 aliphatic heterocycles. The fourth-order valence-electron chi connectivity index (χ4n) is 3.58. The van der Waals surface area contributed by atoms with Crippen molar-refractivity contribution in [2.75, 3.05) is 12.0 Å². The first kappa shape index (κ1) is 19.7. The second-order valence-corrected chi connectivity index (χ2v) is 8.38. The Morgan fingerprint density at radius 1 is 1.23 bits per heavy atom. The third-order valence-corrected chi connectivity index (χ3v) is 6.60. The number of anilines is 1. The third kappa shape index (κ3) is 3.02. The summed E-state index contributed by atoms with van der Waals surface area (Å²) < 4.78 is 20.5. The quantitative estimate of drug-likeness (QED) is 0.593. The zero-order valence-electron chi connectivity index (χ0n) is 16.2. The molecule has 0 fully saturated rings. The average molecular weight is 458 g/mol. The molecule has 3 amide bonds. The van der Waals surface area contributed by atoms with Gasteiger partial charge in [-0.25, -0.2) is 14.1 Å². The number of benzene rings is 1. The lowest BCUT2D eigenvalue weighted by atomic mass is 10.1. The van der Waals surface area contributed by atoms with Gasteiger partial charge in [0, 0.05) is 29.1 Å². The number of halogens is 2. The number of amides is 3. The number of aryl methyl sites for hydroxylation is 1. The summed E-state index contributed by atoms with van der Waals surface area (Å²) in [5.41, 5.74) is 1.71. The zero-order valence-corrected chi connectivity index (χ0v) is 17.7. The molecule has 1 unspecified atom stereocenters. The average Bonchev–Trinajstić information content (AvgIpc) is 3.32. The molecule has 2 aliphatic rings. The molecule has 0 bridgehead atoms. The van der Waals surface area contributed by atoms with Crippen LogP contribution in [0.2, 0.25) is 5.02 Å². The lowest BCUT2D eigenvalue weighted by Crippen LogP contribution is -2.47. The van der Waals surface area contributed by atoms with E-state index < -0.39 is 23.0 Å². The molecular formula is C20H13ClFN5O3S. The summed E-state index contributed by atoms with van der Waals surface area (Å²) in [6.07, 6.45) is 6.26. The summed E-state index contributed by atoms with van der Waals surface area (Å²) in [5.74, 6) is -1.02. The molecule has 0 radical (unpaired) electrons. The molecule has 5 rings (SSSR count). The van der Waals surface area contributed by atoms with E-state index in [0.29, 0.717) is 32.8 Å². The molecule has 2 aromatic heterocycles. The van der Waals surface area contributed by atoms with Gasteiger partial charge in [-0.3, -0.25) is 14.5 Å². The van der Waals surface area contributed by atoms with Gasteiger partial charge in [0.1, 0.15) is 5.25 Å². The monoisotopic (exact) mass is 457 g/mol. The Kier molecular flexibility index (Phi) is 4.56. The predicted molar refractivity (Wildman–Crippen MR) is 116 cm³/mol. The van der Waals surface area contributed by atoms with Gasteiger partial charge in [-0.15, -0.1) is 11.8 Å². The normalized spacial score (nSPS) is 18.3. The number of ether oxygens (including phenoxy) is 1. The lowest BCUT2D eigenvalue weighted by molar-refractivity contribution is -0.116. The first-order chi connectivity index (χ1) is 14.9. The van der Waals surface area contributed by atoms with Gasteiger partial charge in [0.05, 0.1) is 41.4 Å². The minimum atomic E-state index is -0.747. The molecule has 0 spiro atoms. The second-order valence-electron chi connectivity index (χ2n) is 6.83. The molecule has 0 saturated heterocycles. The highest BCUT2D eigenvalue weighted by atomic mass is 35.5. The molecule has 0 aliphatic carbocycles. The van der Waals surface area contributed by atoms with Crippen LogP contribution in [0.25, 0.3) is 15.8 Å². The van der Waals surface area contributed by atoms with Gasteiger partial charge in [-0.1, -0.05) is 11.6 Å². The number of carbonyl (C=O) groups is 2. The number of aromatic nitrogens is 3. The molecule has 4 heterocycles. The maximum absolute atomic E-state index is 13.9. The standard InChI is InChI=1S/C20H13ClFN5O3S/c1-26-17-9(7-24-26)6-23-8-14(17)27-19(28)18-13(25-20(27)29)5-16(31-18)10-3-15(30-2)12(22)4-11(10)21/h3-8,18H,1-2H3. The molecule has 0 saturated carbocycles. The molecule has 1 atom stereocenters. The number of hydrogen-bond donors (Lipinski definition) is 0. The van der Waals surface area contributed by atoms with E-state index in [2.05, 4.69) is 15.1 Å².